The number of carbonyl (C=O) groups is 1. The number of anilines is 1. The quantitative estimate of drug-likeness (QED) is 0.890. The highest BCUT2D eigenvalue weighted by atomic mass is 19.4. The fraction of sp³-hybridized carbons (Fsp3) is 0.625. The van der Waals surface area contributed by atoms with Crippen molar-refractivity contribution >= 4 is 11.8 Å². The number of amides is 1. The molecule has 1 saturated carbocycles. The van der Waals surface area contributed by atoms with Gasteiger partial charge in [-0.15, -0.1) is 0 Å². The molecular formula is C16H20F3N3O2. The Morgan fingerprint density at radius 3 is 2.58 bits per heavy atom. The number of pyridine rings is 1. The number of rotatable bonds is 2. The van der Waals surface area contributed by atoms with Gasteiger partial charge in [0.05, 0.1) is 23.5 Å². The predicted molar refractivity (Wildman–Crippen MR) is 81.4 cm³/mol. The predicted octanol–water partition coefficient (Wildman–Crippen LogP) is 3.63. The Hall–Kier alpha value is -1.83. The van der Waals surface area contributed by atoms with Crippen LogP contribution in [0, 0.1) is 5.92 Å². The van der Waals surface area contributed by atoms with Gasteiger partial charge in [-0.2, -0.15) is 13.2 Å². The van der Waals surface area contributed by atoms with Crippen molar-refractivity contribution in [1.29, 1.82) is 0 Å². The van der Waals surface area contributed by atoms with E-state index in [0.29, 0.717) is 18.0 Å². The van der Waals surface area contributed by atoms with E-state index in [1.165, 1.54) is 11.0 Å². The second-order valence-electron chi connectivity index (χ2n) is 6.65. The average Bonchev–Trinajstić information content (AvgIpc) is 3.29. The molecule has 1 aliphatic carbocycles. The zero-order chi connectivity index (χ0) is 17.6. The first kappa shape index (κ1) is 17.0. The van der Waals surface area contributed by atoms with Gasteiger partial charge in [0, 0.05) is 6.04 Å². The molecule has 2 unspecified atom stereocenters. The van der Waals surface area contributed by atoms with Crippen LogP contribution in [0.3, 0.4) is 0 Å². The van der Waals surface area contributed by atoms with Gasteiger partial charge in [-0.3, -0.25) is 4.90 Å². The zero-order valence-electron chi connectivity index (χ0n) is 13.5. The van der Waals surface area contributed by atoms with E-state index in [1.807, 2.05) is 0 Å². The fourth-order valence-electron chi connectivity index (χ4n) is 3.13. The summed E-state index contributed by atoms with van der Waals surface area (Å²) in [5.41, 5.74) is 5.49. The highest BCUT2D eigenvalue weighted by Crippen LogP contribution is 2.46. The van der Waals surface area contributed by atoms with Gasteiger partial charge in [-0.05, 0) is 51.2 Å². The van der Waals surface area contributed by atoms with Gasteiger partial charge in [0.1, 0.15) is 5.69 Å². The van der Waals surface area contributed by atoms with E-state index in [9.17, 15) is 18.0 Å². The highest BCUT2D eigenvalue weighted by Gasteiger charge is 2.45. The topological polar surface area (TPSA) is 68.5 Å². The van der Waals surface area contributed by atoms with Crippen LogP contribution in [0.1, 0.15) is 50.5 Å². The largest absolute Gasteiger partial charge is 0.446 e. The molecule has 1 aromatic heterocycles. The van der Waals surface area contributed by atoms with E-state index in [2.05, 4.69) is 4.98 Å². The lowest BCUT2D eigenvalue weighted by molar-refractivity contribution is -0.141. The van der Waals surface area contributed by atoms with E-state index in [1.54, 1.807) is 13.8 Å². The summed E-state index contributed by atoms with van der Waals surface area (Å²) in [7, 11) is 0. The third-order valence-corrected chi connectivity index (χ3v) is 4.33. The molecule has 1 fully saturated rings. The Morgan fingerprint density at radius 1 is 1.38 bits per heavy atom. The first-order valence-corrected chi connectivity index (χ1v) is 8.02. The third-order valence-electron chi connectivity index (χ3n) is 4.33. The van der Waals surface area contributed by atoms with Crippen molar-refractivity contribution in [2.45, 2.75) is 57.5 Å². The summed E-state index contributed by atoms with van der Waals surface area (Å²) >= 11 is 0. The second-order valence-corrected chi connectivity index (χ2v) is 6.65. The normalized spacial score (nSPS) is 24.0. The van der Waals surface area contributed by atoms with Crippen LogP contribution >= 0.6 is 0 Å². The van der Waals surface area contributed by atoms with Gasteiger partial charge >= 0.3 is 12.3 Å². The third kappa shape index (κ3) is 3.19. The van der Waals surface area contributed by atoms with Crippen molar-refractivity contribution in [1.82, 2.24) is 4.98 Å². The molecule has 3 rings (SSSR count). The van der Waals surface area contributed by atoms with Crippen LogP contribution in [0.4, 0.5) is 23.7 Å². The summed E-state index contributed by atoms with van der Waals surface area (Å²) in [5.74, 6) is 0.311. The number of aromatic nitrogens is 1. The molecule has 2 atom stereocenters. The first-order chi connectivity index (χ1) is 11.2. The molecular weight excluding hydrogens is 323 g/mol. The standard InChI is InChI=1S/C16H20F3N3O2/c1-8(2)24-15(23)22-11-5-6-13(16(17,18)19)21-14(11)10(20)7-12(22)9-3-4-9/h5-6,8-10,12H,3-4,7,20H2,1-2H3. The Balaban J connectivity index is 2.02. The minimum Gasteiger partial charge on any atom is -0.446 e. The van der Waals surface area contributed by atoms with Crippen molar-refractivity contribution in [3.63, 3.8) is 0 Å². The maximum Gasteiger partial charge on any atom is 0.433 e. The number of hydrogen-bond acceptors (Lipinski definition) is 4. The number of hydrogen-bond donors (Lipinski definition) is 1. The van der Waals surface area contributed by atoms with Crippen LogP contribution in [0.25, 0.3) is 0 Å². The van der Waals surface area contributed by atoms with Gasteiger partial charge in [-0.1, -0.05) is 0 Å². The lowest BCUT2D eigenvalue weighted by Crippen LogP contribution is -2.48. The van der Waals surface area contributed by atoms with E-state index in [4.69, 9.17) is 10.5 Å². The molecule has 1 aromatic rings. The zero-order valence-corrected chi connectivity index (χ0v) is 13.5. The fourth-order valence-corrected chi connectivity index (χ4v) is 3.13. The van der Waals surface area contributed by atoms with Crippen molar-refractivity contribution < 1.29 is 22.7 Å². The summed E-state index contributed by atoms with van der Waals surface area (Å²) in [6.07, 6.45) is -3.08. The summed E-state index contributed by atoms with van der Waals surface area (Å²) in [6.45, 7) is 3.46. The molecule has 132 valence electrons. The summed E-state index contributed by atoms with van der Waals surface area (Å²) < 4.78 is 44.0. The molecule has 1 aliphatic heterocycles. The highest BCUT2D eigenvalue weighted by molar-refractivity contribution is 5.90. The van der Waals surface area contributed by atoms with Crippen molar-refractivity contribution in [3.8, 4) is 0 Å². The molecule has 0 bridgehead atoms. The number of fused-ring (bicyclic) bond motifs is 1. The van der Waals surface area contributed by atoms with Gasteiger partial charge in [0.15, 0.2) is 0 Å². The molecule has 24 heavy (non-hydrogen) atoms. The maximum absolute atomic E-state index is 12.9. The van der Waals surface area contributed by atoms with Gasteiger partial charge in [0.25, 0.3) is 0 Å². The van der Waals surface area contributed by atoms with Crippen LogP contribution in [0.15, 0.2) is 12.1 Å². The van der Waals surface area contributed by atoms with Gasteiger partial charge in [-0.25, -0.2) is 9.78 Å². The monoisotopic (exact) mass is 343 g/mol. The number of ether oxygens (including phenoxy) is 1. The molecule has 2 heterocycles. The SMILES string of the molecule is CC(C)OC(=O)N1c2ccc(C(F)(F)F)nc2C(N)CC1C1CC1. The Labute approximate surface area is 138 Å². The van der Waals surface area contributed by atoms with Crippen molar-refractivity contribution in [2.75, 3.05) is 4.90 Å². The van der Waals surface area contributed by atoms with Crippen LogP contribution in [-0.4, -0.2) is 23.2 Å². The number of nitrogens with zero attached hydrogens (tertiary/aromatic N) is 2. The van der Waals surface area contributed by atoms with Crippen LogP contribution in [0.2, 0.25) is 0 Å². The molecule has 0 aromatic carbocycles. The number of carbonyl (C=O) groups excluding carboxylic acids is 1. The Morgan fingerprint density at radius 2 is 2.04 bits per heavy atom. The average molecular weight is 343 g/mol. The number of nitrogens with two attached hydrogens (primary N) is 1. The summed E-state index contributed by atoms with van der Waals surface area (Å²) in [5, 5.41) is 0. The van der Waals surface area contributed by atoms with Crippen molar-refractivity contribution in [3.05, 3.63) is 23.5 Å². The molecule has 8 heteroatoms. The van der Waals surface area contributed by atoms with Crippen molar-refractivity contribution in [2.24, 2.45) is 11.7 Å². The van der Waals surface area contributed by atoms with E-state index in [-0.39, 0.29) is 17.8 Å². The molecule has 2 N–H and O–H groups in total. The van der Waals surface area contributed by atoms with E-state index < -0.39 is 24.0 Å². The lowest BCUT2D eigenvalue weighted by atomic mass is 9.92. The Bertz CT molecular complexity index is 644. The van der Waals surface area contributed by atoms with Gasteiger partial charge < -0.3 is 10.5 Å². The second kappa shape index (κ2) is 5.91. The minimum atomic E-state index is -4.55. The number of alkyl halides is 3. The molecule has 0 radical (unpaired) electrons. The molecule has 0 saturated heterocycles. The summed E-state index contributed by atoms with van der Waals surface area (Å²) in [4.78, 5) is 17.7. The number of halogens is 3. The molecule has 1 amide bonds. The van der Waals surface area contributed by atoms with Crippen LogP contribution < -0.4 is 10.6 Å². The smallest absolute Gasteiger partial charge is 0.433 e. The van der Waals surface area contributed by atoms with Crippen LogP contribution in [-0.2, 0) is 10.9 Å². The van der Waals surface area contributed by atoms with E-state index in [0.717, 1.165) is 18.9 Å². The summed E-state index contributed by atoms with van der Waals surface area (Å²) in [6, 6.07) is 1.38. The minimum absolute atomic E-state index is 0.0995. The first-order valence-electron chi connectivity index (χ1n) is 8.02. The molecule has 0 spiro atoms. The maximum atomic E-state index is 12.9. The lowest BCUT2D eigenvalue weighted by Gasteiger charge is -2.39. The van der Waals surface area contributed by atoms with Crippen LogP contribution in [0.5, 0.6) is 0 Å². The van der Waals surface area contributed by atoms with Gasteiger partial charge in [0.2, 0.25) is 0 Å². The Kier molecular flexibility index (Phi) is 4.19. The van der Waals surface area contributed by atoms with E-state index >= 15 is 0 Å². The molecule has 5 nitrogen and oxygen atoms in total. The molecule has 2 aliphatic rings.